The number of alkyl halides is 3. The molecule has 1 aromatic carbocycles. The zero-order chi connectivity index (χ0) is 12.2. The second kappa shape index (κ2) is 5.43. The van der Waals surface area contributed by atoms with E-state index in [-0.39, 0.29) is 13.0 Å². The first-order chi connectivity index (χ1) is 7.38. The van der Waals surface area contributed by atoms with Crippen molar-refractivity contribution in [3.8, 4) is 0 Å². The van der Waals surface area contributed by atoms with Gasteiger partial charge in [0.2, 0.25) is 0 Å². The lowest BCUT2D eigenvalue weighted by Crippen LogP contribution is -2.11. The summed E-state index contributed by atoms with van der Waals surface area (Å²) in [5.74, 6) is 0. The molecule has 90 valence electrons. The van der Waals surface area contributed by atoms with E-state index < -0.39 is 12.6 Å². The highest BCUT2D eigenvalue weighted by Gasteiger charge is 2.25. The number of halogens is 4. The van der Waals surface area contributed by atoms with Crippen LogP contribution in [0.2, 0.25) is 5.02 Å². The smallest absolute Gasteiger partial charge is 0.384 e. The fourth-order valence-corrected chi connectivity index (χ4v) is 1.47. The van der Waals surface area contributed by atoms with Crippen LogP contribution < -0.4 is 5.32 Å². The van der Waals surface area contributed by atoms with Crippen molar-refractivity contribution in [2.45, 2.75) is 25.9 Å². The third-order valence-electron chi connectivity index (χ3n) is 2.07. The number of anilines is 1. The number of nitrogens with one attached hydrogen (secondary N) is 1. The Kier molecular flexibility index (Phi) is 4.47. The molecule has 0 bridgehead atoms. The first kappa shape index (κ1) is 13.2. The molecule has 0 amide bonds. The Morgan fingerprint density at radius 2 is 2.00 bits per heavy atom. The number of benzene rings is 1. The molecular weight excluding hydrogens is 239 g/mol. The summed E-state index contributed by atoms with van der Waals surface area (Å²) in [6.07, 6.45) is -4.81. The maximum absolute atomic E-state index is 11.9. The van der Waals surface area contributed by atoms with Crippen molar-refractivity contribution < 1.29 is 13.2 Å². The Morgan fingerprint density at radius 1 is 1.31 bits per heavy atom. The van der Waals surface area contributed by atoms with Crippen molar-refractivity contribution in [2.24, 2.45) is 0 Å². The summed E-state index contributed by atoms with van der Waals surface area (Å²) in [6.45, 7) is 2.17. The molecular formula is C11H13ClF3N. The van der Waals surface area contributed by atoms with Gasteiger partial charge in [-0.15, -0.1) is 0 Å². The van der Waals surface area contributed by atoms with Gasteiger partial charge in [-0.3, -0.25) is 0 Å². The van der Waals surface area contributed by atoms with Crippen LogP contribution in [0.4, 0.5) is 18.9 Å². The van der Waals surface area contributed by atoms with Gasteiger partial charge in [0.05, 0.1) is 10.7 Å². The zero-order valence-corrected chi connectivity index (χ0v) is 9.62. The molecule has 0 atom stereocenters. The van der Waals surface area contributed by atoms with Gasteiger partial charge in [0.1, 0.15) is 0 Å². The van der Waals surface area contributed by atoms with E-state index in [9.17, 15) is 13.2 Å². The predicted octanol–water partition coefficient (Wildman–Crippen LogP) is 4.40. The van der Waals surface area contributed by atoms with E-state index in [1.54, 1.807) is 6.07 Å². The fraction of sp³-hybridized carbons (Fsp3) is 0.455. The molecule has 1 aromatic rings. The maximum Gasteiger partial charge on any atom is 0.389 e. The molecule has 0 radical (unpaired) electrons. The lowest BCUT2D eigenvalue weighted by atomic mass is 10.2. The Labute approximate surface area is 97.6 Å². The third kappa shape index (κ3) is 4.75. The summed E-state index contributed by atoms with van der Waals surface area (Å²) in [6, 6.07) is 5.39. The average Bonchev–Trinajstić information content (AvgIpc) is 2.16. The molecule has 0 saturated carbocycles. The SMILES string of the molecule is Cc1ccc(Cl)c(NCCCC(F)(F)F)c1. The minimum atomic E-state index is -4.09. The second-order valence-electron chi connectivity index (χ2n) is 3.63. The van der Waals surface area contributed by atoms with Crippen LogP contribution in [0.1, 0.15) is 18.4 Å². The molecule has 1 nitrogen and oxygen atoms in total. The molecule has 0 unspecified atom stereocenters. The third-order valence-corrected chi connectivity index (χ3v) is 2.40. The van der Waals surface area contributed by atoms with E-state index in [0.717, 1.165) is 5.56 Å². The summed E-state index contributed by atoms with van der Waals surface area (Å²) < 4.78 is 35.6. The van der Waals surface area contributed by atoms with Gasteiger partial charge in [0, 0.05) is 13.0 Å². The highest BCUT2D eigenvalue weighted by atomic mass is 35.5. The first-order valence-corrected chi connectivity index (χ1v) is 5.33. The number of aryl methyl sites for hydroxylation is 1. The molecule has 0 aliphatic heterocycles. The minimum Gasteiger partial charge on any atom is -0.384 e. The van der Waals surface area contributed by atoms with E-state index >= 15 is 0 Å². The van der Waals surface area contributed by atoms with Crippen LogP contribution in [0.3, 0.4) is 0 Å². The van der Waals surface area contributed by atoms with Crippen molar-refractivity contribution >= 4 is 17.3 Å². The van der Waals surface area contributed by atoms with E-state index in [1.165, 1.54) is 0 Å². The van der Waals surface area contributed by atoms with Gasteiger partial charge >= 0.3 is 6.18 Å². The standard InChI is InChI=1S/C11H13ClF3N/c1-8-3-4-9(12)10(7-8)16-6-2-5-11(13,14)15/h3-4,7,16H,2,5-6H2,1H3. The van der Waals surface area contributed by atoms with Crippen molar-refractivity contribution in [1.82, 2.24) is 0 Å². The van der Waals surface area contributed by atoms with Crippen LogP contribution in [0.25, 0.3) is 0 Å². The van der Waals surface area contributed by atoms with Gasteiger partial charge in [0.15, 0.2) is 0 Å². The van der Waals surface area contributed by atoms with Crippen molar-refractivity contribution in [2.75, 3.05) is 11.9 Å². The molecule has 0 spiro atoms. The molecule has 0 saturated heterocycles. The Balaban J connectivity index is 2.40. The fourth-order valence-electron chi connectivity index (χ4n) is 1.29. The van der Waals surface area contributed by atoms with Crippen molar-refractivity contribution in [3.63, 3.8) is 0 Å². The molecule has 1 rings (SSSR count). The Hall–Kier alpha value is -0.900. The zero-order valence-electron chi connectivity index (χ0n) is 8.87. The molecule has 0 heterocycles. The first-order valence-electron chi connectivity index (χ1n) is 4.95. The summed E-state index contributed by atoms with van der Waals surface area (Å²) in [5.41, 5.74) is 1.70. The molecule has 0 aliphatic rings. The molecule has 0 fully saturated rings. The van der Waals surface area contributed by atoms with E-state index in [2.05, 4.69) is 5.32 Å². The predicted molar refractivity (Wildman–Crippen MR) is 60.0 cm³/mol. The number of rotatable bonds is 4. The van der Waals surface area contributed by atoms with Crippen LogP contribution in [0, 0.1) is 6.92 Å². The van der Waals surface area contributed by atoms with Crippen molar-refractivity contribution in [1.29, 1.82) is 0 Å². The Bertz CT molecular complexity index is 350. The van der Waals surface area contributed by atoms with Gasteiger partial charge < -0.3 is 5.32 Å². The summed E-state index contributed by atoms with van der Waals surface area (Å²) >= 11 is 5.88. The van der Waals surface area contributed by atoms with Gasteiger partial charge in [0.25, 0.3) is 0 Å². The van der Waals surface area contributed by atoms with Gasteiger partial charge in [-0.25, -0.2) is 0 Å². The van der Waals surface area contributed by atoms with Crippen molar-refractivity contribution in [3.05, 3.63) is 28.8 Å². The van der Waals surface area contributed by atoms with Crippen LogP contribution in [-0.2, 0) is 0 Å². The van der Waals surface area contributed by atoms with Crippen LogP contribution in [0.5, 0.6) is 0 Å². The average molecular weight is 252 g/mol. The number of hydrogen-bond acceptors (Lipinski definition) is 1. The normalized spacial score (nSPS) is 11.6. The summed E-state index contributed by atoms with van der Waals surface area (Å²) in [5, 5.41) is 3.42. The molecule has 0 aromatic heterocycles. The summed E-state index contributed by atoms with van der Waals surface area (Å²) in [4.78, 5) is 0. The maximum atomic E-state index is 11.9. The minimum absolute atomic E-state index is 0.0494. The van der Waals surface area contributed by atoms with Gasteiger partial charge in [-0.05, 0) is 31.0 Å². The molecule has 1 N–H and O–H groups in total. The van der Waals surface area contributed by atoms with Crippen LogP contribution in [0.15, 0.2) is 18.2 Å². The van der Waals surface area contributed by atoms with Crippen LogP contribution >= 0.6 is 11.6 Å². The molecule has 16 heavy (non-hydrogen) atoms. The van der Waals surface area contributed by atoms with Gasteiger partial charge in [-0.1, -0.05) is 17.7 Å². The Morgan fingerprint density at radius 3 is 2.62 bits per heavy atom. The topological polar surface area (TPSA) is 12.0 Å². The van der Waals surface area contributed by atoms with E-state index in [0.29, 0.717) is 10.7 Å². The van der Waals surface area contributed by atoms with E-state index in [4.69, 9.17) is 11.6 Å². The summed E-state index contributed by atoms with van der Waals surface area (Å²) in [7, 11) is 0. The quantitative estimate of drug-likeness (QED) is 0.782. The molecule has 0 aliphatic carbocycles. The number of hydrogen-bond donors (Lipinski definition) is 1. The second-order valence-corrected chi connectivity index (χ2v) is 4.04. The van der Waals surface area contributed by atoms with Crippen LogP contribution in [-0.4, -0.2) is 12.7 Å². The van der Waals surface area contributed by atoms with E-state index in [1.807, 2.05) is 19.1 Å². The highest BCUT2D eigenvalue weighted by molar-refractivity contribution is 6.33. The lowest BCUT2D eigenvalue weighted by Gasteiger charge is -2.10. The largest absolute Gasteiger partial charge is 0.389 e. The molecule has 5 heteroatoms. The van der Waals surface area contributed by atoms with Gasteiger partial charge in [-0.2, -0.15) is 13.2 Å². The highest BCUT2D eigenvalue weighted by Crippen LogP contribution is 2.24. The monoisotopic (exact) mass is 251 g/mol. The lowest BCUT2D eigenvalue weighted by molar-refractivity contribution is -0.134.